The molecular formula is C16H21ClFN5. The van der Waals surface area contributed by atoms with E-state index in [0.717, 1.165) is 25.3 Å². The summed E-state index contributed by atoms with van der Waals surface area (Å²) in [4.78, 5) is 10.8. The Bertz CT molecular complexity index is 663. The molecule has 0 aliphatic carbocycles. The molecular weight excluding hydrogens is 317 g/mol. The molecule has 1 aromatic carbocycles. The van der Waals surface area contributed by atoms with Crippen molar-refractivity contribution in [2.75, 3.05) is 37.8 Å². The number of aromatic nitrogens is 2. The number of nitrogens with one attached hydrogen (secondary N) is 2. The van der Waals surface area contributed by atoms with E-state index in [1.54, 1.807) is 6.07 Å². The highest BCUT2D eigenvalue weighted by Gasteiger charge is 2.05. The smallest absolute Gasteiger partial charge is 0.141 e. The molecule has 0 unspecified atom stereocenters. The van der Waals surface area contributed by atoms with Crippen LogP contribution in [0, 0.1) is 12.7 Å². The normalized spacial score (nSPS) is 10.9. The lowest BCUT2D eigenvalue weighted by Crippen LogP contribution is -2.16. The van der Waals surface area contributed by atoms with Gasteiger partial charge in [0.25, 0.3) is 0 Å². The minimum absolute atomic E-state index is 0.0720. The van der Waals surface area contributed by atoms with Crippen molar-refractivity contribution < 1.29 is 4.39 Å². The van der Waals surface area contributed by atoms with Crippen molar-refractivity contribution in [1.82, 2.24) is 14.9 Å². The molecule has 5 nitrogen and oxygen atoms in total. The zero-order valence-electron chi connectivity index (χ0n) is 13.5. The van der Waals surface area contributed by atoms with Crippen LogP contribution in [0.2, 0.25) is 5.02 Å². The predicted octanol–water partition coefficient (Wildman–Crippen LogP) is 3.68. The summed E-state index contributed by atoms with van der Waals surface area (Å²) >= 11 is 5.79. The number of aryl methyl sites for hydroxylation is 1. The summed E-state index contributed by atoms with van der Waals surface area (Å²) in [6, 6.07) is 6.28. The fourth-order valence-electron chi connectivity index (χ4n) is 2.06. The highest BCUT2D eigenvalue weighted by atomic mass is 35.5. The lowest BCUT2D eigenvalue weighted by molar-refractivity contribution is 0.405. The maximum absolute atomic E-state index is 13.2. The number of hydrogen-bond acceptors (Lipinski definition) is 5. The second-order valence-corrected chi connectivity index (χ2v) is 5.93. The standard InChI is InChI=1S/C16H21ClFN5/c1-11-20-15(19-7-4-8-23(2)3)10-16(21-11)22-12-5-6-14(18)13(17)9-12/h5-6,9-10H,4,7-8H2,1-3H3,(H2,19,20,21,22). The van der Waals surface area contributed by atoms with E-state index in [1.807, 2.05) is 27.1 Å². The largest absolute Gasteiger partial charge is 0.370 e. The third-order valence-corrected chi connectivity index (χ3v) is 3.41. The van der Waals surface area contributed by atoms with Crippen molar-refractivity contribution in [2.24, 2.45) is 0 Å². The topological polar surface area (TPSA) is 53.1 Å². The molecule has 0 amide bonds. The molecule has 2 aromatic rings. The van der Waals surface area contributed by atoms with Crippen molar-refractivity contribution in [3.63, 3.8) is 0 Å². The minimum atomic E-state index is -0.445. The van der Waals surface area contributed by atoms with Gasteiger partial charge in [-0.2, -0.15) is 0 Å². The summed E-state index contributed by atoms with van der Waals surface area (Å²) in [5, 5.41) is 6.47. The van der Waals surface area contributed by atoms with E-state index in [-0.39, 0.29) is 5.02 Å². The van der Waals surface area contributed by atoms with Crippen LogP contribution in [0.3, 0.4) is 0 Å². The number of benzene rings is 1. The molecule has 0 saturated heterocycles. The molecule has 0 bridgehead atoms. The maximum atomic E-state index is 13.2. The van der Waals surface area contributed by atoms with Crippen molar-refractivity contribution in [3.8, 4) is 0 Å². The number of rotatable bonds is 7. The molecule has 1 aromatic heterocycles. The number of nitrogens with zero attached hydrogens (tertiary/aromatic N) is 3. The van der Waals surface area contributed by atoms with Gasteiger partial charge < -0.3 is 15.5 Å². The molecule has 2 rings (SSSR count). The van der Waals surface area contributed by atoms with Crippen molar-refractivity contribution in [3.05, 3.63) is 40.9 Å². The average molecular weight is 338 g/mol. The van der Waals surface area contributed by atoms with E-state index < -0.39 is 5.82 Å². The van der Waals surface area contributed by atoms with Crippen LogP contribution in [-0.2, 0) is 0 Å². The van der Waals surface area contributed by atoms with Crippen LogP contribution in [0.1, 0.15) is 12.2 Å². The van der Waals surface area contributed by atoms with Crippen LogP contribution < -0.4 is 10.6 Å². The van der Waals surface area contributed by atoms with Crippen LogP contribution in [-0.4, -0.2) is 42.1 Å². The molecule has 0 fully saturated rings. The van der Waals surface area contributed by atoms with Gasteiger partial charge in [0.1, 0.15) is 23.3 Å². The second-order valence-electron chi connectivity index (χ2n) is 5.52. The summed E-state index contributed by atoms with van der Waals surface area (Å²) in [5.74, 6) is 1.60. The maximum Gasteiger partial charge on any atom is 0.141 e. The van der Waals surface area contributed by atoms with Gasteiger partial charge >= 0.3 is 0 Å². The third-order valence-electron chi connectivity index (χ3n) is 3.12. The predicted molar refractivity (Wildman–Crippen MR) is 93.1 cm³/mol. The minimum Gasteiger partial charge on any atom is -0.370 e. The molecule has 0 radical (unpaired) electrons. The molecule has 0 atom stereocenters. The average Bonchev–Trinajstić information content (AvgIpc) is 2.47. The lowest BCUT2D eigenvalue weighted by Gasteiger charge is -2.12. The number of anilines is 3. The summed E-state index contributed by atoms with van der Waals surface area (Å²) in [7, 11) is 4.09. The van der Waals surface area contributed by atoms with Crippen LogP contribution >= 0.6 is 11.6 Å². The van der Waals surface area contributed by atoms with Gasteiger partial charge in [-0.05, 0) is 52.2 Å². The Labute approximate surface area is 140 Å². The first-order valence-corrected chi connectivity index (χ1v) is 7.78. The van der Waals surface area contributed by atoms with Crippen LogP contribution in [0.15, 0.2) is 24.3 Å². The van der Waals surface area contributed by atoms with Crippen LogP contribution in [0.25, 0.3) is 0 Å². The zero-order chi connectivity index (χ0) is 16.8. The monoisotopic (exact) mass is 337 g/mol. The third kappa shape index (κ3) is 5.65. The Kier molecular flexibility index (Phi) is 6.12. The Hall–Kier alpha value is -1.92. The first kappa shape index (κ1) is 17.4. The van der Waals surface area contributed by atoms with E-state index in [4.69, 9.17) is 11.6 Å². The van der Waals surface area contributed by atoms with Gasteiger partial charge in [-0.1, -0.05) is 11.6 Å². The highest BCUT2D eigenvalue weighted by Crippen LogP contribution is 2.22. The molecule has 2 N–H and O–H groups in total. The molecule has 23 heavy (non-hydrogen) atoms. The Morgan fingerprint density at radius 2 is 1.91 bits per heavy atom. The van der Waals surface area contributed by atoms with Gasteiger partial charge in [0.2, 0.25) is 0 Å². The summed E-state index contributed by atoms with van der Waals surface area (Å²) < 4.78 is 13.2. The molecule has 7 heteroatoms. The Balaban J connectivity index is 2.03. The van der Waals surface area contributed by atoms with Gasteiger partial charge in [-0.3, -0.25) is 0 Å². The van der Waals surface area contributed by atoms with E-state index in [1.165, 1.54) is 12.1 Å². The number of halogens is 2. The summed E-state index contributed by atoms with van der Waals surface area (Å²) in [5.41, 5.74) is 0.674. The summed E-state index contributed by atoms with van der Waals surface area (Å²) in [6.07, 6.45) is 1.02. The SMILES string of the molecule is Cc1nc(NCCCN(C)C)cc(Nc2ccc(F)c(Cl)c2)n1. The van der Waals surface area contributed by atoms with Crippen LogP contribution in [0.4, 0.5) is 21.7 Å². The number of hydrogen-bond donors (Lipinski definition) is 2. The van der Waals surface area contributed by atoms with Gasteiger partial charge in [0.15, 0.2) is 0 Å². The van der Waals surface area contributed by atoms with Crippen molar-refractivity contribution in [2.45, 2.75) is 13.3 Å². The molecule has 0 spiro atoms. The Morgan fingerprint density at radius 3 is 2.61 bits per heavy atom. The Morgan fingerprint density at radius 1 is 1.17 bits per heavy atom. The zero-order valence-corrected chi connectivity index (χ0v) is 14.3. The molecule has 0 aliphatic heterocycles. The summed E-state index contributed by atoms with van der Waals surface area (Å²) in [6.45, 7) is 3.67. The fourth-order valence-corrected chi connectivity index (χ4v) is 2.24. The van der Waals surface area contributed by atoms with Gasteiger partial charge in [-0.25, -0.2) is 14.4 Å². The van der Waals surface area contributed by atoms with Crippen LogP contribution in [0.5, 0.6) is 0 Å². The van der Waals surface area contributed by atoms with E-state index in [9.17, 15) is 4.39 Å². The van der Waals surface area contributed by atoms with Gasteiger partial charge in [-0.15, -0.1) is 0 Å². The highest BCUT2D eigenvalue weighted by molar-refractivity contribution is 6.31. The lowest BCUT2D eigenvalue weighted by atomic mass is 10.3. The first-order valence-electron chi connectivity index (χ1n) is 7.40. The van der Waals surface area contributed by atoms with Gasteiger partial charge in [0, 0.05) is 18.3 Å². The van der Waals surface area contributed by atoms with Crippen molar-refractivity contribution >= 4 is 28.9 Å². The molecule has 1 heterocycles. The fraction of sp³-hybridized carbons (Fsp3) is 0.375. The molecule has 0 saturated carbocycles. The molecule has 0 aliphatic rings. The van der Waals surface area contributed by atoms with Gasteiger partial charge in [0.05, 0.1) is 5.02 Å². The van der Waals surface area contributed by atoms with E-state index >= 15 is 0 Å². The van der Waals surface area contributed by atoms with Crippen molar-refractivity contribution in [1.29, 1.82) is 0 Å². The molecule has 124 valence electrons. The van der Waals surface area contributed by atoms with E-state index in [2.05, 4.69) is 25.5 Å². The second kappa shape index (κ2) is 8.08. The van der Waals surface area contributed by atoms with E-state index in [0.29, 0.717) is 17.3 Å². The first-order chi connectivity index (χ1) is 10.9. The quantitative estimate of drug-likeness (QED) is 0.755.